The first-order chi connectivity index (χ1) is 9.52. The molecule has 2 N–H and O–H groups in total. The molecule has 0 amide bonds. The number of nitrogen functional groups attached to an aromatic ring is 1. The Hall–Kier alpha value is -1.26. The van der Waals surface area contributed by atoms with Gasteiger partial charge in [-0.1, -0.05) is 25.4 Å². The van der Waals surface area contributed by atoms with Crippen LogP contribution < -0.4 is 5.73 Å². The molecule has 0 radical (unpaired) electrons. The van der Waals surface area contributed by atoms with Crippen molar-refractivity contribution in [3.05, 3.63) is 46.9 Å². The minimum atomic E-state index is 0.544. The molecule has 0 saturated carbocycles. The van der Waals surface area contributed by atoms with Gasteiger partial charge >= 0.3 is 0 Å². The highest BCUT2D eigenvalue weighted by Crippen LogP contribution is 2.23. The van der Waals surface area contributed by atoms with Crippen LogP contribution >= 0.6 is 23.4 Å². The molecule has 0 aliphatic carbocycles. The highest BCUT2D eigenvalue weighted by Gasteiger charge is 2.06. The van der Waals surface area contributed by atoms with Crippen LogP contribution in [-0.2, 0) is 12.2 Å². The molecule has 0 aliphatic rings. The van der Waals surface area contributed by atoms with E-state index in [1.54, 1.807) is 11.8 Å². The van der Waals surface area contributed by atoms with Crippen LogP contribution in [0.25, 0.3) is 0 Å². The highest BCUT2D eigenvalue weighted by molar-refractivity contribution is 7.98. The minimum Gasteiger partial charge on any atom is -0.384 e. The van der Waals surface area contributed by atoms with E-state index >= 15 is 0 Å². The van der Waals surface area contributed by atoms with E-state index < -0.39 is 0 Å². The van der Waals surface area contributed by atoms with E-state index in [9.17, 15) is 0 Å². The lowest BCUT2D eigenvalue weighted by Crippen LogP contribution is -2.05. The van der Waals surface area contributed by atoms with E-state index in [0.717, 1.165) is 27.9 Å². The first kappa shape index (κ1) is 15.1. The second-order valence-corrected chi connectivity index (χ2v) is 6.53. The van der Waals surface area contributed by atoms with E-state index in [1.807, 2.05) is 30.3 Å². The standard InChI is InChI=1S/C15H18ClN3S/c1-10(2)7-12-8-14(17)19-15(18-12)9-20-13-5-3-11(16)4-6-13/h3-6,8,10H,7,9H2,1-2H3,(H2,17,18,19). The molecule has 0 atom stereocenters. The molecule has 2 aromatic rings. The van der Waals surface area contributed by atoms with Crippen molar-refractivity contribution < 1.29 is 0 Å². The fourth-order valence-electron chi connectivity index (χ4n) is 1.84. The predicted molar refractivity (Wildman–Crippen MR) is 86.0 cm³/mol. The lowest BCUT2D eigenvalue weighted by Gasteiger charge is -2.08. The second-order valence-electron chi connectivity index (χ2n) is 5.04. The fourth-order valence-corrected chi connectivity index (χ4v) is 2.72. The summed E-state index contributed by atoms with van der Waals surface area (Å²) in [6.07, 6.45) is 0.922. The molecule has 0 aliphatic heterocycles. The van der Waals surface area contributed by atoms with Crippen LogP contribution in [0.3, 0.4) is 0 Å². The van der Waals surface area contributed by atoms with Crippen molar-refractivity contribution in [1.29, 1.82) is 0 Å². The third-order valence-electron chi connectivity index (χ3n) is 2.64. The average molecular weight is 308 g/mol. The zero-order valence-electron chi connectivity index (χ0n) is 11.6. The Morgan fingerprint density at radius 2 is 1.90 bits per heavy atom. The summed E-state index contributed by atoms with van der Waals surface area (Å²) in [5.41, 5.74) is 6.86. The van der Waals surface area contributed by atoms with Crippen molar-refractivity contribution in [2.24, 2.45) is 5.92 Å². The van der Waals surface area contributed by atoms with E-state index in [4.69, 9.17) is 17.3 Å². The van der Waals surface area contributed by atoms with Crippen LogP contribution in [0.4, 0.5) is 5.82 Å². The van der Waals surface area contributed by atoms with Crippen LogP contribution in [0, 0.1) is 5.92 Å². The maximum absolute atomic E-state index is 5.87. The van der Waals surface area contributed by atoms with Gasteiger partial charge in [0.25, 0.3) is 0 Å². The third-order valence-corrected chi connectivity index (χ3v) is 3.90. The first-order valence-corrected chi connectivity index (χ1v) is 7.90. The van der Waals surface area contributed by atoms with Crippen LogP contribution in [0.15, 0.2) is 35.2 Å². The number of benzene rings is 1. The van der Waals surface area contributed by atoms with Gasteiger partial charge in [-0.25, -0.2) is 9.97 Å². The number of nitrogens with zero attached hydrogens (tertiary/aromatic N) is 2. The van der Waals surface area contributed by atoms with Gasteiger partial charge in [0.05, 0.1) is 5.75 Å². The normalized spacial score (nSPS) is 11.0. The molecule has 20 heavy (non-hydrogen) atoms. The number of aromatic nitrogens is 2. The van der Waals surface area contributed by atoms with Crippen molar-refractivity contribution in [1.82, 2.24) is 9.97 Å². The van der Waals surface area contributed by atoms with Gasteiger partial charge in [0.15, 0.2) is 0 Å². The molecule has 2 rings (SSSR count). The van der Waals surface area contributed by atoms with Crippen molar-refractivity contribution in [3.63, 3.8) is 0 Å². The maximum Gasteiger partial charge on any atom is 0.141 e. The number of hydrogen-bond donors (Lipinski definition) is 1. The van der Waals surface area contributed by atoms with Gasteiger partial charge < -0.3 is 5.73 Å². The molecule has 0 unspecified atom stereocenters. The SMILES string of the molecule is CC(C)Cc1cc(N)nc(CSc2ccc(Cl)cc2)n1. The Morgan fingerprint density at radius 3 is 2.55 bits per heavy atom. The lowest BCUT2D eigenvalue weighted by atomic mass is 10.1. The molecule has 1 aromatic carbocycles. The van der Waals surface area contributed by atoms with Crippen molar-refractivity contribution in [3.8, 4) is 0 Å². The van der Waals surface area contributed by atoms with Crippen molar-refractivity contribution in [2.75, 3.05) is 5.73 Å². The van der Waals surface area contributed by atoms with Gasteiger partial charge in [-0.2, -0.15) is 0 Å². The summed E-state index contributed by atoms with van der Waals surface area (Å²) in [6.45, 7) is 4.33. The van der Waals surface area contributed by atoms with Gasteiger partial charge in [0.2, 0.25) is 0 Å². The number of halogens is 1. The third kappa shape index (κ3) is 4.69. The zero-order chi connectivity index (χ0) is 14.5. The molecular weight excluding hydrogens is 290 g/mol. The van der Waals surface area contributed by atoms with E-state index in [0.29, 0.717) is 17.5 Å². The summed E-state index contributed by atoms with van der Waals surface area (Å²) in [5.74, 6) is 2.58. The average Bonchev–Trinajstić information content (AvgIpc) is 2.36. The van der Waals surface area contributed by atoms with E-state index in [2.05, 4.69) is 23.8 Å². The van der Waals surface area contributed by atoms with Crippen LogP contribution in [0.5, 0.6) is 0 Å². The van der Waals surface area contributed by atoms with Gasteiger partial charge in [0.1, 0.15) is 11.6 Å². The van der Waals surface area contributed by atoms with Crippen molar-refractivity contribution >= 4 is 29.2 Å². The van der Waals surface area contributed by atoms with Crippen LogP contribution in [0.2, 0.25) is 5.02 Å². The summed E-state index contributed by atoms with van der Waals surface area (Å²) < 4.78 is 0. The molecule has 1 aromatic heterocycles. The Balaban J connectivity index is 2.05. The molecular formula is C15H18ClN3S. The Morgan fingerprint density at radius 1 is 1.20 bits per heavy atom. The molecule has 106 valence electrons. The lowest BCUT2D eigenvalue weighted by molar-refractivity contribution is 0.632. The summed E-state index contributed by atoms with van der Waals surface area (Å²) in [6, 6.07) is 9.61. The molecule has 5 heteroatoms. The Bertz CT molecular complexity index is 570. The number of anilines is 1. The topological polar surface area (TPSA) is 51.8 Å². The number of nitrogens with two attached hydrogens (primary N) is 1. The van der Waals surface area contributed by atoms with Gasteiger partial charge in [-0.15, -0.1) is 11.8 Å². The number of rotatable bonds is 5. The zero-order valence-corrected chi connectivity index (χ0v) is 13.2. The maximum atomic E-state index is 5.87. The van der Waals surface area contributed by atoms with E-state index in [-0.39, 0.29) is 0 Å². The summed E-state index contributed by atoms with van der Waals surface area (Å²) in [5, 5.41) is 0.744. The first-order valence-electron chi connectivity index (χ1n) is 6.53. The molecule has 0 fully saturated rings. The molecule has 0 bridgehead atoms. The summed E-state index contributed by atoms with van der Waals surface area (Å²) in [7, 11) is 0. The summed E-state index contributed by atoms with van der Waals surface area (Å²) >= 11 is 7.55. The quantitative estimate of drug-likeness (QED) is 0.841. The van der Waals surface area contributed by atoms with Gasteiger partial charge in [-0.3, -0.25) is 0 Å². The van der Waals surface area contributed by atoms with Crippen LogP contribution in [0.1, 0.15) is 25.4 Å². The minimum absolute atomic E-state index is 0.544. The van der Waals surface area contributed by atoms with Gasteiger partial charge in [0, 0.05) is 21.7 Å². The largest absolute Gasteiger partial charge is 0.384 e. The monoisotopic (exact) mass is 307 g/mol. The predicted octanol–water partition coefficient (Wildman–Crippen LogP) is 4.20. The molecule has 0 saturated heterocycles. The highest BCUT2D eigenvalue weighted by atomic mass is 35.5. The smallest absolute Gasteiger partial charge is 0.141 e. The summed E-state index contributed by atoms with van der Waals surface area (Å²) in [4.78, 5) is 10.0. The van der Waals surface area contributed by atoms with E-state index in [1.165, 1.54) is 0 Å². The fraction of sp³-hybridized carbons (Fsp3) is 0.333. The van der Waals surface area contributed by atoms with Crippen molar-refractivity contribution in [2.45, 2.75) is 30.9 Å². The molecule has 3 nitrogen and oxygen atoms in total. The molecule has 1 heterocycles. The second kappa shape index (κ2) is 6.95. The Labute approximate surface area is 129 Å². The molecule has 0 spiro atoms. The van der Waals surface area contributed by atoms with Gasteiger partial charge in [-0.05, 0) is 36.6 Å². The van der Waals surface area contributed by atoms with Crippen LogP contribution in [-0.4, -0.2) is 9.97 Å². The number of hydrogen-bond acceptors (Lipinski definition) is 4. The number of thioether (sulfide) groups is 1. The Kier molecular flexibility index (Phi) is 5.26.